The number of carbonyl (C=O) groups excluding carboxylic acids is 1. The largest absolute Gasteiger partial charge is 0.491 e. The number of ketones is 1. The molecule has 7 nitrogen and oxygen atoms in total. The molecule has 1 heterocycles. The van der Waals surface area contributed by atoms with E-state index in [9.17, 15) is 9.90 Å². The molecule has 0 aliphatic heterocycles. The third-order valence-electron chi connectivity index (χ3n) is 3.18. The minimum atomic E-state index is -0.660. The molecule has 0 radical (unpaired) electrons. The monoisotopic (exact) mass is 350 g/mol. The van der Waals surface area contributed by atoms with Gasteiger partial charge in [0.1, 0.15) is 12.4 Å². The second-order valence-electron chi connectivity index (χ2n) is 6.40. The van der Waals surface area contributed by atoms with Crippen molar-refractivity contribution < 1.29 is 14.6 Å². The SMILES string of the molecule is CC(=O)c1ccc(OC[C@@H](O)CSc2nnnn2C(C)(C)C)cc1. The van der Waals surface area contributed by atoms with Crippen molar-refractivity contribution >= 4 is 17.5 Å². The summed E-state index contributed by atoms with van der Waals surface area (Å²) in [7, 11) is 0. The van der Waals surface area contributed by atoms with Crippen molar-refractivity contribution in [3.8, 4) is 5.75 Å². The summed E-state index contributed by atoms with van der Waals surface area (Å²) in [5.74, 6) is 1.04. The molecule has 24 heavy (non-hydrogen) atoms. The average Bonchev–Trinajstić information content (AvgIpc) is 3.00. The van der Waals surface area contributed by atoms with Gasteiger partial charge in [0, 0.05) is 11.3 Å². The highest BCUT2D eigenvalue weighted by Crippen LogP contribution is 2.22. The zero-order valence-corrected chi connectivity index (χ0v) is 15.1. The van der Waals surface area contributed by atoms with Crippen LogP contribution in [-0.4, -0.2) is 49.6 Å². The summed E-state index contributed by atoms with van der Waals surface area (Å²) >= 11 is 1.38. The number of tetrazole rings is 1. The Morgan fingerprint density at radius 1 is 1.33 bits per heavy atom. The summed E-state index contributed by atoms with van der Waals surface area (Å²) in [6.45, 7) is 7.71. The third kappa shape index (κ3) is 5.04. The van der Waals surface area contributed by atoms with E-state index in [0.717, 1.165) is 0 Å². The van der Waals surface area contributed by atoms with E-state index < -0.39 is 6.10 Å². The van der Waals surface area contributed by atoms with E-state index in [2.05, 4.69) is 15.5 Å². The maximum Gasteiger partial charge on any atom is 0.209 e. The molecular weight excluding hydrogens is 328 g/mol. The van der Waals surface area contributed by atoms with Gasteiger partial charge in [0.2, 0.25) is 5.16 Å². The predicted molar refractivity (Wildman–Crippen MR) is 91.5 cm³/mol. The van der Waals surface area contributed by atoms with E-state index in [1.54, 1.807) is 28.9 Å². The Kier molecular flexibility index (Phi) is 5.95. The minimum Gasteiger partial charge on any atom is -0.491 e. The van der Waals surface area contributed by atoms with Gasteiger partial charge in [0.15, 0.2) is 5.78 Å². The highest BCUT2D eigenvalue weighted by Gasteiger charge is 2.20. The van der Waals surface area contributed by atoms with Gasteiger partial charge in [-0.3, -0.25) is 4.79 Å². The number of carbonyl (C=O) groups is 1. The van der Waals surface area contributed by atoms with Crippen molar-refractivity contribution in [2.24, 2.45) is 0 Å². The van der Waals surface area contributed by atoms with Crippen molar-refractivity contribution in [2.45, 2.75) is 44.5 Å². The Balaban J connectivity index is 1.83. The van der Waals surface area contributed by atoms with Crippen LogP contribution >= 0.6 is 11.8 Å². The zero-order chi connectivity index (χ0) is 17.7. The Morgan fingerprint density at radius 3 is 2.58 bits per heavy atom. The van der Waals surface area contributed by atoms with Crippen molar-refractivity contribution in [3.05, 3.63) is 29.8 Å². The van der Waals surface area contributed by atoms with E-state index in [1.807, 2.05) is 20.8 Å². The summed E-state index contributed by atoms with van der Waals surface area (Å²) in [5, 5.41) is 22.4. The average molecular weight is 350 g/mol. The molecule has 0 amide bonds. The van der Waals surface area contributed by atoms with Crippen molar-refractivity contribution in [3.63, 3.8) is 0 Å². The molecule has 0 aliphatic rings. The summed E-state index contributed by atoms with van der Waals surface area (Å²) in [6.07, 6.45) is -0.660. The molecule has 1 aromatic heterocycles. The molecule has 2 rings (SSSR count). The van der Waals surface area contributed by atoms with Crippen LogP contribution in [0.15, 0.2) is 29.4 Å². The number of hydrogen-bond donors (Lipinski definition) is 1. The van der Waals surface area contributed by atoms with E-state index >= 15 is 0 Å². The van der Waals surface area contributed by atoms with Crippen LogP contribution in [0.2, 0.25) is 0 Å². The smallest absolute Gasteiger partial charge is 0.209 e. The van der Waals surface area contributed by atoms with Gasteiger partial charge in [-0.2, -0.15) is 0 Å². The first-order valence-corrected chi connectivity index (χ1v) is 8.59. The number of aromatic nitrogens is 4. The van der Waals surface area contributed by atoms with Crippen LogP contribution in [0.3, 0.4) is 0 Å². The molecule has 1 atom stereocenters. The van der Waals surface area contributed by atoms with Gasteiger partial charge in [-0.1, -0.05) is 11.8 Å². The number of ether oxygens (including phenoxy) is 1. The molecule has 0 saturated heterocycles. The van der Waals surface area contributed by atoms with Crippen molar-refractivity contribution in [2.75, 3.05) is 12.4 Å². The molecule has 0 aliphatic carbocycles. The Hall–Kier alpha value is -1.93. The maximum absolute atomic E-state index is 11.2. The van der Waals surface area contributed by atoms with Crippen LogP contribution in [0.25, 0.3) is 0 Å². The lowest BCUT2D eigenvalue weighted by atomic mass is 10.1. The van der Waals surface area contributed by atoms with Crippen LogP contribution in [0, 0.1) is 0 Å². The number of rotatable bonds is 7. The normalized spacial score (nSPS) is 12.9. The summed E-state index contributed by atoms with van der Waals surface area (Å²) < 4.78 is 7.26. The molecular formula is C16H22N4O3S. The van der Waals surface area contributed by atoms with E-state index in [0.29, 0.717) is 22.2 Å². The first-order valence-electron chi connectivity index (χ1n) is 7.61. The Morgan fingerprint density at radius 2 is 2.00 bits per heavy atom. The van der Waals surface area contributed by atoms with Gasteiger partial charge in [0.25, 0.3) is 0 Å². The lowest BCUT2D eigenvalue weighted by molar-refractivity contribution is 0.101. The molecule has 8 heteroatoms. The number of nitrogens with zero attached hydrogens (tertiary/aromatic N) is 4. The summed E-state index contributed by atoms with van der Waals surface area (Å²) in [4.78, 5) is 11.2. The van der Waals surface area contributed by atoms with Crippen LogP contribution in [0.4, 0.5) is 0 Å². The number of thioether (sulfide) groups is 1. The second-order valence-corrected chi connectivity index (χ2v) is 7.39. The number of Topliss-reactive ketones (excluding diaryl/α,β-unsaturated/α-hetero) is 1. The highest BCUT2D eigenvalue weighted by molar-refractivity contribution is 7.99. The lowest BCUT2D eigenvalue weighted by Crippen LogP contribution is -2.25. The standard InChI is InChI=1S/C16H22N4O3S/c1-11(21)12-5-7-14(8-6-12)23-9-13(22)10-24-15-17-18-19-20(15)16(2,3)4/h5-8,13,22H,9-10H2,1-4H3/t13-/m1/s1. The van der Waals surface area contributed by atoms with Crippen LogP contribution in [0.5, 0.6) is 5.75 Å². The number of hydrogen-bond acceptors (Lipinski definition) is 7. The summed E-state index contributed by atoms with van der Waals surface area (Å²) in [5.41, 5.74) is 0.415. The Bertz CT molecular complexity index is 679. The molecule has 0 spiro atoms. The fraction of sp³-hybridized carbons (Fsp3) is 0.500. The van der Waals surface area contributed by atoms with Gasteiger partial charge in [-0.05, 0) is 62.4 Å². The molecule has 1 aromatic carbocycles. The molecule has 0 unspecified atom stereocenters. The molecule has 0 saturated carbocycles. The van der Waals surface area contributed by atoms with Crippen LogP contribution < -0.4 is 4.74 Å². The fourth-order valence-corrected chi connectivity index (χ4v) is 2.85. The van der Waals surface area contributed by atoms with E-state index in [4.69, 9.17) is 4.74 Å². The first-order chi connectivity index (χ1) is 11.3. The van der Waals surface area contributed by atoms with Gasteiger partial charge in [-0.15, -0.1) is 5.10 Å². The number of benzene rings is 1. The second kappa shape index (κ2) is 7.76. The minimum absolute atomic E-state index is 0.00885. The molecule has 130 valence electrons. The van der Waals surface area contributed by atoms with Crippen molar-refractivity contribution in [1.82, 2.24) is 20.2 Å². The third-order valence-corrected chi connectivity index (χ3v) is 4.25. The van der Waals surface area contributed by atoms with Gasteiger partial charge in [0.05, 0.1) is 11.6 Å². The summed E-state index contributed by atoms with van der Waals surface area (Å²) in [6, 6.07) is 6.85. The molecule has 0 fully saturated rings. The van der Waals surface area contributed by atoms with Gasteiger partial charge < -0.3 is 9.84 Å². The molecule has 1 N–H and O–H groups in total. The number of aliphatic hydroxyl groups excluding tert-OH is 1. The van der Waals surface area contributed by atoms with E-state index in [1.165, 1.54) is 18.7 Å². The highest BCUT2D eigenvalue weighted by atomic mass is 32.2. The van der Waals surface area contributed by atoms with E-state index in [-0.39, 0.29) is 17.9 Å². The van der Waals surface area contributed by atoms with Crippen molar-refractivity contribution in [1.29, 1.82) is 0 Å². The quantitative estimate of drug-likeness (QED) is 0.604. The predicted octanol–water partition coefficient (Wildman–Crippen LogP) is 2.16. The van der Waals surface area contributed by atoms with Gasteiger partial charge >= 0.3 is 0 Å². The Labute approximate surface area is 145 Å². The first kappa shape index (κ1) is 18.4. The van der Waals surface area contributed by atoms with Gasteiger partial charge in [-0.25, -0.2) is 4.68 Å². The van der Waals surface area contributed by atoms with Crippen LogP contribution in [0.1, 0.15) is 38.1 Å². The maximum atomic E-state index is 11.2. The topological polar surface area (TPSA) is 90.1 Å². The molecule has 0 bridgehead atoms. The number of aliphatic hydroxyl groups is 1. The zero-order valence-electron chi connectivity index (χ0n) is 14.3. The fourth-order valence-electron chi connectivity index (χ4n) is 1.89. The molecule has 2 aromatic rings. The lowest BCUT2D eigenvalue weighted by Gasteiger charge is -2.19. The van der Waals surface area contributed by atoms with Crippen LogP contribution in [-0.2, 0) is 5.54 Å².